The van der Waals surface area contributed by atoms with E-state index in [-0.39, 0.29) is 11.9 Å². The molecule has 0 bridgehead atoms. The molecule has 0 radical (unpaired) electrons. The first-order valence-corrected chi connectivity index (χ1v) is 8.78. The van der Waals surface area contributed by atoms with Crippen molar-refractivity contribution in [1.82, 2.24) is 10.6 Å². The molecular formula is C19H31N3O3. The highest BCUT2D eigenvalue weighted by Gasteiger charge is 2.13. The number of methoxy groups -OCH3 is 1. The van der Waals surface area contributed by atoms with Gasteiger partial charge in [-0.3, -0.25) is 9.79 Å². The summed E-state index contributed by atoms with van der Waals surface area (Å²) in [7, 11) is 1.40. The van der Waals surface area contributed by atoms with E-state index in [1.54, 1.807) is 0 Å². The van der Waals surface area contributed by atoms with E-state index in [9.17, 15) is 4.79 Å². The van der Waals surface area contributed by atoms with Crippen molar-refractivity contribution in [2.24, 2.45) is 16.8 Å². The highest BCUT2D eigenvalue weighted by Crippen LogP contribution is 2.04. The van der Waals surface area contributed by atoms with Gasteiger partial charge in [-0.15, -0.1) is 0 Å². The lowest BCUT2D eigenvalue weighted by molar-refractivity contribution is -0.144. The molecule has 140 valence electrons. The Labute approximate surface area is 151 Å². The van der Waals surface area contributed by atoms with Crippen LogP contribution in [0.1, 0.15) is 26.3 Å². The molecule has 1 aromatic carbocycles. The van der Waals surface area contributed by atoms with Gasteiger partial charge < -0.3 is 20.1 Å². The fourth-order valence-corrected chi connectivity index (χ4v) is 2.13. The third-order valence-electron chi connectivity index (χ3n) is 3.60. The number of rotatable bonds is 10. The number of carbonyl (C=O) groups excluding carboxylic acids is 1. The molecule has 2 atom stereocenters. The first kappa shape index (κ1) is 21.0. The summed E-state index contributed by atoms with van der Waals surface area (Å²) in [5, 5.41) is 6.35. The standard InChI is InChI=1S/C19H31N3O3/c1-5-20-19(22-12-16(3)18(23)24-4)21-11-15(2)13-25-14-17-9-7-6-8-10-17/h6-10,15-16H,5,11-14H2,1-4H3,(H2,20,21,22). The van der Waals surface area contributed by atoms with Crippen LogP contribution in [0.5, 0.6) is 0 Å². The van der Waals surface area contributed by atoms with E-state index < -0.39 is 0 Å². The van der Waals surface area contributed by atoms with E-state index in [1.165, 1.54) is 12.7 Å². The maximum absolute atomic E-state index is 11.4. The Morgan fingerprint density at radius 2 is 1.92 bits per heavy atom. The molecule has 0 amide bonds. The molecule has 2 N–H and O–H groups in total. The van der Waals surface area contributed by atoms with Gasteiger partial charge in [0.15, 0.2) is 5.96 Å². The van der Waals surface area contributed by atoms with Crippen molar-refractivity contribution in [3.63, 3.8) is 0 Å². The average Bonchev–Trinajstić information content (AvgIpc) is 2.63. The molecule has 6 nitrogen and oxygen atoms in total. The first-order chi connectivity index (χ1) is 12.1. The summed E-state index contributed by atoms with van der Waals surface area (Å²) < 4.78 is 10.5. The van der Waals surface area contributed by atoms with Gasteiger partial charge in [-0.2, -0.15) is 0 Å². The normalized spacial score (nSPS) is 13.8. The van der Waals surface area contributed by atoms with Gasteiger partial charge in [-0.25, -0.2) is 0 Å². The second kappa shape index (κ2) is 12.3. The third kappa shape index (κ3) is 9.10. The fourth-order valence-electron chi connectivity index (χ4n) is 2.13. The van der Waals surface area contributed by atoms with Crippen molar-refractivity contribution < 1.29 is 14.3 Å². The minimum atomic E-state index is -0.231. The highest BCUT2D eigenvalue weighted by atomic mass is 16.5. The molecule has 25 heavy (non-hydrogen) atoms. The average molecular weight is 349 g/mol. The molecule has 0 fully saturated rings. The van der Waals surface area contributed by atoms with Crippen molar-refractivity contribution in [3.05, 3.63) is 35.9 Å². The third-order valence-corrected chi connectivity index (χ3v) is 3.60. The summed E-state index contributed by atoms with van der Waals surface area (Å²) in [4.78, 5) is 16.0. The van der Waals surface area contributed by atoms with Crippen molar-refractivity contribution in [3.8, 4) is 0 Å². The Hall–Kier alpha value is -2.08. The van der Waals surface area contributed by atoms with Crippen molar-refractivity contribution >= 4 is 11.9 Å². The predicted octanol–water partition coefficient (Wildman–Crippen LogP) is 2.20. The van der Waals surface area contributed by atoms with E-state index in [0.29, 0.717) is 38.2 Å². The molecule has 0 saturated carbocycles. The molecule has 0 aliphatic heterocycles. The van der Waals surface area contributed by atoms with E-state index >= 15 is 0 Å². The number of nitrogens with one attached hydrogen (secondary N) is 2. The maximum atomic E-state index is 11.4. The lowest BCUT2D eigenvalue weighted by Gasteiger charge is -2.15. The SMILES string of the molecule is CCNC(=NCC(C)COCc1ccccc1)NCC(C)C(=O)OC. The zero-order valence-corrected chi connectivity index (χ0v) is 15.7. The topological polar surface area (TPSA) is 72.0 Å². The summed E-state index contributed by atoms with van der Waals surface area (Å²) in [6.07, 6.45) is 0. The van der Waals surface area contributed by atoms with Gasteiger partial charge >= 0.3 is 5.97 Å². The molecule has 0 saturated heterocycles. The van der Waals surface area contributed by atoms with Gasteiger partial charge in [-0.05, 0) is 18.4 Å². The second-order valence-electron chi connectivity index (χ2n) is 6.13. The van der Waals surface area contributed by atoms with Gasteiger partial charge in [0.2, 0.25) is 0 Å². The number of carbonyl (C=O) groups is 1. The monoisotopic (exact) mass is 349 g/mol. The van der Waals surface area contributed by atoms with Gasteiger partial charge in [0.1, 0.15) is 0 Å². The van der Waals surface area contributed by atoms with Crippen molar-refractivity contribution in [2.45, 2.75) is 27.4 Å². The number of hydrogen-bond donors (Lipinski definition) is 2. The van der Waals surface area contributed by atoms with E-state index in [4.69, 9.17) is 9.47 Å². The van der Waals surface area contributed by atoms with E-state index in [0.717, 1.165) is 6.54 Å². The Bertz CT molecular complexity index is 520. The van der Waals surface area contributed by atoms with Crippen LogP contribution in [0.3, 0.4) is 0 Å². The molecule has 1 aromatic rings. The Kier molecular flexibility index (Phi) is 10.3. The van der Waals surface area contributed by atoms with Crippen LogP contribution in [0.25, 0.3) is 0 Å². The fraction of sp³-hybridized carbons (Fsp3) is 0.579. The van der Waals surface area contributed by atoms with E-state index in [2.05, 4.69) is 34.7 Å². The summed E-state index contributed by atoms with van der Waals surface area (Å²) in [5.74, 6) is 0.553. The summed E-state index contributed by atoms with van der Waals surface area (Å²) in [6, 6.07) is 10.1. The largest absolute Gasteiger partial charge is 0.469 e. The van der Waals surface area contributed by atoms with Crippen LogP contribution < -0.4 is 10.6 Å². The first-order valence-electron chi connectivity index (χ1n) is 8.78. The van der Waals surface area contributed by atoms with Crippen molar-refractivity contribution in [2.75, 3.05) is 33.4 Å². The zero-order valence-electron chi connectivity index (χ0n) is 15.7. The summed E-state index contributed by atoms with van der Waals surface area (Å²) >= 11 is 0. The van der Waals surface area contributed by atoms with Crippen LogP contribution in [0.2, 0.25) is 0 Å². The second-order valence-corrected chi connectivity index (χ2v) is 6.13. The van der Waals surface area contributed by atoms with Crippen LogP contribution >= 0.6 is 0 Å². The summed E-state index contributed by atoms with van der Waals surface area (Å²) in [6.45, 7) is 9.09. The predicted molar refractivity (Wildman–Crippen MR) is 100 cm³/mol. The molecule has 1 rings (SSSR count). The lowest BCUT2D eigenvalue weighted by atomic mass is 10.2. The van der Waals surface area contributed by atoms with Crippen LogP contribution in [0, 0.1) is 11.8 Å². The molecule has 2 unspecified atom stereocenters. The van der Waals surface area contributed by atoms with Gasteiger partial charge in [0.25, 0.3) is 0 Å². The quantitative estimate of drug-likeness (QED) is 0.385. The molecule has 0 aliphatic rings. The Morgan fingerprint density at radius 3 is 2.56 bits per heavy atom. The van der Waals surface area contributed by atoms with Crippen LogP contribution in [0.4, 0.5) is 0 Å². The van der Waals surface area contributed by atoms with Gasteiger partial charge in [0.05, 0.1) is 26.2 Å². The Balaban J connectivity index is 2.35. The number of nitrogens with zero attached hydrogens (tertiary/aromatic N) is 1. The number of benzene rings is 1. The van der Waals surface area contributed by atoms with Crippen LogP contribution in [0.15, 0.2) is 35.3 Å². The number of aliphatic imine (C=N–C) groups is 1. The van der Waals surface area contributed by atoms with E-state index in [1.807, 2.05) is 32.0 Å². The van der Waals surface area contributed by atoms with Crippen LogP contribution in [-0.4, -0.2) is 45.3 Å². The number of ether oxygens (including phenoxy) is 2. The maximum Gasteiger partial charge on any atom is 0.310 e. The van der Waals surface area contributed by atoms with Gasteiger partial charge in [0, 0.05) is 19.6 Å². The minimum Gasteiger partial charge on any atom is -0.469 e. The molecule has 0 aromatic heterocycles. The minimum absolute atomic E-state index is 0.222. The zero-order chi connectivity index (χ0) is 18.5. The molecule has 0 aliphatic carbocycles. The van der Waals surface area contributed by atoms with Gasteiger partial charge in [-0.1, -0.05) is 44.2 Å². The Morgan fingerprint density at radius 1 is 1.20 bits per heavy atom. The molecule has 0 spiro atoms. The smallest absolute Gasteiger partial charge is 0.310 e. The molecule has 6 heteroatoms. The summed E-state index contributed by atoms with van der Waals surface area (Å²) in [5.41, 5.74) is 1.17. The number of guanidine groups is 1. The van der Waals surface area contributed by atoms with Crippen LogP contribution in [-0.2, 0) is 20.9 Å². The molecule has 0 heterocycles. The number of hydrogen-bond acceptors (Lipinski definition) is 4. The van der Waals surface area contributed by atoms with Crippen molar-refractivity contribution in [1.29, 1.82) is 0 Å². The molecular weight excluding hydrogens is 318 g/mol. The number of esters is 1. The highest BCUT2D eigenvalue weighted by molar-refractivity contribution is 5.80. The lowest BCUT2D eigenvalue weighted by Crippen LogP contribution is -2.41.